The number of aromatic nitrogens is 2. The molecule has 2 N–H and O–H groups in total. The summed E-state index contributed by atoms with van der Waals surface area (Å²) in [4.78, 5) is 12.8. The Labute approximate surface area is 186 Å². The first-order valence-electron chi connectivity index (χ1n) is 10.0. The molecule has 8 heteroatoms. The minimum Gasteiger partial charge on any atom is -0.348 e. The van der Waals surface area contributed by atoms with Crippen LogP contribution in [0.25, 0.3) is 0 Å². The van der Waals surface area contributed by atoms with Gasteiger partial charge >= 0.3 is 0 Å². The average Bonchev–Trinajstić information content (AvgIpc) is 3.32. The zero-order valence-electron chi connectivity index (χ0n) is 17.2. The number of anilines is 1. The second kappa shape index (κ2) is 9.49. The van der Waals surface area contributed by atoms with Gasteiger partial charge in [0.15, 0.2) is 0 Å². The maximum Gasteiger partial charge on any atom is 0.261 e. The highest BCUT2D eigenvalue weighted by Gasteiger charge is 2.14. The fourth-order valence-electron chi connectivity index (χ4n) is 3.23. The second-order valence-corrected chi connectivity index (χ2v) is 8.83. The molecule has 3 aromatic carbocycles. The van der Waals surface area contributed by atoms with Crippen molar-refractivity contribution in [3.05, 3.63) is 114 Å². The lowest BCUT2D eigenvalue weighted by Gasteiger charge is -2.12. The Morgan fingerprint density at radius 3 is 2.22 bits per heavy atom. The number of nitrogens with one attached hydrogen (secondary N) is 2. The number of sulfonamides is 1. The molecule has 1 aromatic heterocycles. The van der Waals surface area contributed by atoms with Gasteiger partial charge in [-0.3, -0.25) is 14.2 Å². The maximum atomic E-state index is 12.6. The molecule has 0 atom stereocenters. The fraction of sp³-hybridized carbons (Fsp3) is 0.0833. The van der Waals surface area contributed by atoms with E-state index < -0.39 is 10.0 Å². The van der Waals surface area contributed by atoms with Crippen LogP contribution in [0.4, 0.5) is 5.69 Å². The topological polar surface area (TPSA) is 93.1 Å². The molecule has 4 rings (SSSR count). The van der Waals surface area contributed by atoms with Gasteiger partial charge < -0.3 is 5.32 Å². The first-order chi connectivity index (χ1) is 15.5. The second-order valence-electron chi connectivity index (χ2n) is 7.15. The van der Waals surface area contributed by atoms with Gasteiger partial charge in [-0.25, -0.2) is 8.42 Å². The van der Waals surface area contributed by atoms with E-state index in [9.17, 15) is 13.2 Å². The van der Waals surface area contributed by atoms with Crippen LogP contribution in [0.2, 0.25) is 0 Å². The van der Waals surface area contributed by atoms with E-state index in [1.54, 1.807) is 48.7 Å². The Hall–Kier alpha value is -3.91. The lowest BCUT2D eigenvalue weighted by atomic mass is 10.1. The van der Waals surface area contributed by atoms with E-state index in [1.165, 1.54) is 12.1 Å². The summed E-state index contributed by atoms with van der Waals surface area (Å²) in [6.07, 6.45) is 3.62. The van der Waals surface area contributed by atoms with Crippen molar-refractivity contribution >= 4 is 21.6 Å². The zero-order valence-corrected chi connectivity index (χ0v) is 18.0. The summed E-state index contributed by atoms with van der Waals surface area (Å²) in [7, 11) is -3.68. The summed E-state index contributed by atoms with van der Waals surface area (Å²) < 4.78 is 29.2. The largest absolute Gasteiger partial charge is 0.348 e. The molecule has 0 aliphatic rings. The molecule has 0 aliphatic carbocycles. The predicted octanol–water partition coefficient (Wildman–Crippen LogP) is 3.66. The molecule has 0 fully saturated rings. The van der Waals surface area contributed by atoms with Gasteiger partial charge in [0.05, 0.1) is 11.4 Å². The molecule has 1 heterocycles. The van der Waals surface area contributed by atoms with Gasteiger partial charge in [0.25, 0.3) is 15.9 Å². The molecular weight excluding hydrogens is 424 g/mol. The summed E-state index contributed by atoms with van der Waals surface area (Å²) in [6, 6.07) is 24.2. The number of benzene rings is 3. The SMILES string of the molecule is O=C(NCc1ccccc1Cn1cccn1)c1ccc(NS(=O)(=O)c2ccccc2)cc1. The van der Waals surface area contributed by atoms with E-state index in [-0.39, 0.29) is 10.8 Å². The predicted molar refractivity (Wildman–Crippen MR) is 123 cm³/mol. The van der Waals surface area contributed by atoms with Gasteiger partial charge in [-0.1, -0.05) is 42.5 Å². The van der Waals surface area contributed by atoms with Gasteiger partial charge in [-0.15, -0.1) is 0 Å². The highest BCUT2D eigenvalue weighted by atomic mass is 32.2. The van der Waals surface area contributed by atoms with Crippen LogP contribution in [0.1, 0.15) is 21.5 Å². The van der Waals surface area contributed by atoms with E-state index in [1.807, 2.05) is 41.2 Å². The highest BCUT2D eigenvalue weighted by molar-refractivity contribution is 7.92. The van der Waals surface area contributed by atoms with Crippen molar-refractivity contribution in [1.82, 2.24) is 15.1 Å². The Balaban J connectivity index is 1.39. The molecule has 0 unspecified atom stereocenters. The minimum absolute atomic E-state index is 0.176. The van der Waals surface area contributed by atoms with Gasteiger partial charge in [-0.05, 0) is 53.6 Å². The van der Waals surface area contributed by atoms with Gasteiger partial charge in [0, 0.05) is 30.2 Å². The van der Waals surface area contributed by atoms with Crippen molar-refractivity contribution in [2.45, 2.75) is 18.0 Å². The average molecular weight is 447 g/mol. The quantitative estimate of drug-likeness (QED) is 0.432. The summed E-state index contributed by atoms with van der Waals surface area (Å²) in [5.74, 6) is -0.239. The smallest absolute Gasteiger partial charge is 0.261 e. The van der Waals surface area contributed by atoms with Crippen LogP contribution < -0.4 is 10.0 Å². The Morgan fingerprint density at radius 1 is 0.844 bits per heavy atom. The van der Waals surface area contributed by atoms with E-state index in [0.717, 1.165) is 11.1 Å². The molecule has 32 heavy (non-hydrogen) atoms. The van der Waals surface area contributed by atoms with E-state index in [0.29, 0.717) is 24.3 Å². The normalized spacial score (nSPS) is 11.1. The highest BCUT2D eigenvalue weighted by Crippen LogP contribution is 2.17. The van der Waals surface area contributed by atoms with Gasteiger partial charge in [-0.2, -0.15) is 5.10 Å². The number of hydrogen-bond donors (Lipinski definition) is 2. The first kappa shape index (κ1) is 21.3. The summed E-state index contributed by atoms with van der Waals surface area (Å²) in [6.45, 7) is 0.994. The number of carbonyl (C=O) groups is 1. The number of hydrogen-bond acceptors (Lipinski definition) is 4. The molecule has 0 aliphatic heterocycles. The van der Waals surface area contributed by atoms with Gasteiger partial charge in [0.2, 0.25) is 0 Å². The molecule has 0 saturated heterocycles. The van der Waals surface area contributed by atoms with Crippen molar-refractivity contribution in [2.75, 3.05) is 4.72 Å². The van der Waals surface area contributed by atoms with Crippen LogP contribution in [0.5, 0.6) is 0 Å². The van der Waals surface area contributed by atoms with Crippen LogP contribution >= 0.6 is 0 Å². The fourth-order valence-corrected chi connectivity index (χ4v) is 4.31. The summed E-state index contributed by atoms with van der Waals surface area (Å²) in [5.41, 5.74) is 2.90. The lowest BCUT2D eigenvalue weighted by Crippen LogP contribution is -2.23. The molecule has 0 bridgehead atoms. The van der Waals surface area contributed by atoms with Crippen molar-refractivity contribution in [1.29, 1.82) is 0 Å². The standard InChI is InChI=1S/C24H22N4O3S/c29-24(25-17-20-7-4-5-8-21(20)18-28-16-6-15-26-28)19-11-13-22(14-12-19)27-32(30,31)23-9-2-1-3-10-23/h1-16,27H,17-18H2,(H,25,29). The third-order valence-electron chi connectivity index (χ3n) is 4.90. The van der Waals surface area contributed by atoms with E-state index in [2.05, 4.69) is 15.1 Å². The zero-order chi connectivity index (χ0) is 22.4. The number of amides is 1. The Bertz CT molecular complexity index is 1290. The molecule has 4 aromatic rings. The number of carbonyl (C=O) groups excluding carboxylic acids is 1. The number of rotatable bonds is 8. The van der Waals surface area contributed by atoms with E-state index >= 15 is 0 Å². The molecular formula is C24H22N4O3S. The van der Waals surface area contributed by atoms with Crippen molar-refractivity contribution < 1.29 is 13.2 Å². The first-order valence-corrected chi connectivity index (χ1v) is 11.5. The summed E-state index contributed by atoms with van der Waals surface area (Å²) >= 11 is 0. The molecule has 0 saturated carbocycles. The van der Waals surface area contributed by atoms with Crippen molar-refractivity contribution in [3.63, 3.8) is 0 Å². The molecule has 7 nitrogen and oxygen atoms in total. The molecule has 1 amide bonds. The van der Waals surface area contributed by atoms with Gasteiger partial charge in [0.1, 0.15) is 0 Å². The van der Waals surface area contributed by atoms with Crippen LogP contribution in [0.15, 0.2) is 102 Å². The molecule has 162 valence electrons. The molecule has 0 radical (unpaired) electrons. The monoisotopic (exact) mass is 446 g/mol. The maximum absolute atomic E-state index is 12.6. The summed E-state index contributed by atoms with van der Waals surface area (Å²) in [5, 5.41) is 7.15. The van der Waals surface area contributed by atoms with Crippen molar-refractivity contribution in [2.24, 2.45) is 0 Å². The van der Waals surface area contributed by atoms with Crippen LogP contribution in [0, 0.1) is 0 Å². The van der Waals surface area contributed by atoms with Crippen LogP contribution in [-0.2, 0) is 23.1 Å². The van der Waals surface area contributed by atoms with Crippen LogP contribution in [-0.4, -0.2) is 24.1 Å². The molecule has 0 spiro atoms. The van der Waals surface area contributed by atoms with E-state index in [4.69, 9.17) is 0 Å². The van der Waals surface area contributed by atoms with Crippen molar-refractivity contribution in [3.8, 4) is 0 Å². The Morgan fingerprint density at radius 2 is 1.53 bits per heavy atom. The third-order valence-corrected chi connectivity index (χ3v) is 6.30. The van der Waals surface area contributed by atoms with Crippen LogP contribution in [0.3, 0.4) is 0 Å². The minimum atomic E-state index is -3.68. The third kappa shape index (κ3) is 5.22. The number of nitrogens with zero attached hydrogens (tertiary/aromatic N) is 2. The Kier molecular flexibility index (Phi) is 6.32. The lowest BCUT2D eigenvalue weighted by molar-refractivity contribution is 0.0951.